The van der Waals surface area contributed by atoms with Crippen molar-refractivity contribution >= 4 is 0 Å². The zero-order valence-electron chi connectivity index (χ0n) is 15.3. The highest BCUT2D eigenvalue weighted by Crippen LogP contribution is 2.16. The number of rotatable bonds is 3. The second kappa shape index (κ2) is 13.4. The van der Waals surface area contributed by atoms with Crippen LogP contribution in [0.5, 0.6) is 5.75 Å². The molecule has 0 amide bonds. The Kier molecular flexibility index (Phi) is 14.9. The highest BCUT2D eigenvalue weighted by molar-refractivity contribution is 5.21. The third kappa shape index (κ3) is 15.7. The van der Waals surface area contributed by atoms with E-state index in [1.807, 2.05) is 69.3 Å². The van der Waals surface area contributed by atoms with E-state index in [2.05, 4.69) is 32.9 Å². The molecule has 0 heterocycles. The number of hydrogen-bond acceptors (Lipinski definition) is 2. The molecule has 2 aromatic rings. The molecule has 2 rings (SSSR count). The van der Waals surface area contributed by atoms with E-state index in [0.717, 1.165) is 5.75 Å². The Balaban J connectivity index is -0.000000366. The van der Waals surface area contributed by atoms with Gasteiger partial charge in [-0.2, -0.15) is 0 Å². The van der Waals surface area contributed by atoms with Crippen LogP contribution >= 0.6 is 0 Å². The van der Waals surface area contributed by atoms with Crippen LogP contribution in [0, 0.1) is 0 Å². The van der Waals surface area contributed by atoms with Gasteiger partial charge in [0.25, 0.3) is 0 Å². The Bertz CT molecular complexity index is 534. The SMILES string of the molecule is C.C.C.CC(C)(C)OCc1ccccc1.CC(C)(C)Oc1ccccc1. The van der Waals surface area contributed by atoms with E-state index < -0.39 is 0 Å². The summed E-state index contributed by atoms with van der Waals surface area (Å²) in [6.07, 6.45) is 0. The summed E-state index contributed by atoms with van der Waals surface area (Å²) in [4.78, 5) is 0. The molecule has 2 heteroatoms. The van der Waals surface area contributed by atoms with Crippen molar-refractivity contribution < 1.29 is 9.47 Å². The molecule has 0 aromatic heterocycles. The van der Waals surface area contributed by atoms with Gasteiger partial charge in [-0.25, -0.2) is 0 Å². The maximum absolute atomic E-state index is 5.62. The molecule has 0 saturated carbocycles. The number of ether oxygens (including phenoxy) is 2. The van der Waals surface area contributed by atoms with Crippen LogP contribution in [0.25, 0.3) is 0 Å². The lowest BCUT2D eigenvalue weighted by molar-refractivity contribution is -0.0149. The number of hydrogen-bond donors (Lipinski definition) is 0. The molecule has 0 N–H and O–H groups in total. The summed E-state index contributed by atoms with van der Waals surface area (Å²) in [5.74, 6) is 0.931. The van der Waals surface area contributed by atoms with E-state index in [0.29, 0.717) is 6.61 Å². The Labute approximate surface area is 163 Å². The average molecular weight is 363 g/mol. The standard InChI is InChI=1S/C11H16O.C10H14O.3CH4/c1-11(2,3)12-9-10-7-5-4-6-8-10;1-10(2,3)11-9-7-5-4-6-8-9;;;/h4-8H,9H2,1-3H3;4-8H,1-3H3;3*1H4. The van der Waals surface area contributed by atoms with Crippen LogP contribution in [0.1, 0.15) is 69.4 Å². The van der Waals surface area contributed by atoms with Crippen molar-refractivity contribution in [2.45, 2.75) is 81.6 Å². The molecule has 2 aromatic carbocycles. The largest absolute Gasteiger partial charge is 0.488 e. The lowest BCUT2D eigenvalue weighted by Gasteiger charge is -2.20. The van der Waals surface area contributed by atoms with Gasteiger partial charge >= 0.3 is 0 Å². The van der Waals surface area contributed by atoms with Gasteiger partial charge in [-0.1, -0.05) is 70.8 Å². The summed E-state index contributed by atoms with van der Waals surface area (Å²) < 4.78 is 11.2. The molecule has 0 unspecified atom stereocenters. The van der Waals surface area contributed by atoms with E-state index >= 15 is 0 Å². The lowest BCUT2D eigenvalue weighted by Crippen LogP contribution is -2.22. The first-order valence-corrected chi connectivity index (χ1v) is 8.08. The minimum absolute atomic E-state index is 0. The van der Waals surface area contributed by atoms with Gasteiger partial charge < -0.3 is 9.47 Å². The van der Waals surface area contributed by atoms with Crippen molar-refractivity contribution in [3.8, 4) is 5.75 Å². The Morgan fingerprint density at radius 3 is 1.42 bits per heavy atom. The Hall–Kier alpha value is -1.80. The minimum atomic E-state index is -0.0959. The van der Waals surface area contributed by atoms with Crippen LogP contribution in [0.3, 0.4) is 0 Å². The van der Waals surface area contributed by atoms with Crippen molar-refractivity contribution in [3.63, 3.8) is 0 Å². The molecule has 0 radical (unpaired) electrons. The molecule has 0 atom stereocenters. The maximum atomic E-state index is 5.62. The van der Waals surface area contributed by atoms with E-state index in [1.54, 1.807) is 0 Å². The minimum Gasteiger partial charge on any atom is -0.488 e. The Morgan fingerprint density at radius 1 is 0.615 bits per heavy atom. The fourth-order valence-corrected chi connectivity index (χ4v) is 1.72. The predicted octanol–water partition coefficient (Wildman–Crippen LogP) is 7.77. The normalized spacial score (nSPS) is 10.1. The van der Waals surface area contributed by atoms with Gasteiger partial charge in [-0.15, -0.1) is 0 Å². The molecule has 0 bridgehead atoms. The Morgan fingerprint density at radius 2 is 1.04 bits per heavy atom. The van der Waals surface area contributed by atoms with Gasteiger partial charge in [0, 0.05) is 0 Å². The fourth-order valence-electron chi connectivity index (χ4n) is 1.72. The third-order valence-electron chi connectivity index (χ3n) is 2.68. The van der Waals surface area contributed by atoms with Gasteiger partial charge in [0.05, 0.1) is 12.2 Å². The van der Waals surface area contributed by atoms with E-state index in [4.69, 9.17) is 9.47 Å². The number of benzene rings is 2. The number of para-hydroxylation sites is 1. The average Bonchev–Trinajstić information content (AvgIpc) is 2.46. The van der Waals surface area contributed by atoms with Crippen LogP contribution in [0.2, 0.25) is 0 Å². The molecule has 26 heavy (non-hydrogen) atoms. The highest BCUT2D eigenvalue weighted by atomic mass is 16.5. The lowest BCUT2D eigenvalue weighted by atomic mass is 10.2. The second-order valence-corrected chi connectivity index (χ2v) is 7.41. The van der Waals surface area contributed by atoms with E-state index in [9.17, 15) is 0 Å². The molecule has 0 spiro atoms. The zero-order chi connectivity index (χ0) is 17.3. The summed E-state index contributed by atoms with van der Waals surface area (Å²) in [6.45, 7) is 13.0. The third-order valence-corrected chi connectivity index (χ3v) is 2.68. The van der Waals surface area contributed by atoms with E-state index in [-0.39, 0.29) is 33.5 Å². The quantitative estimate of drug-likeness (QED) is 0.555. The molecule has 0 saturated heterocycles. The predicted molar refractivity (Wildman–Crippen MR) is 118 cm³/mol. The van der Waals surface area contributed by atoms with Crippen LogP contribution < -0.4 is 4.74 Å². The van der Waals surface area contributed by atoms with Crippen molar-refractivity contribution in [1.82, 2.24) is 0 Å². The summed E-state index contributed by atoms with van der Waals surface area (Å²) >= 11 is 0. The summed E-state index contributed by atoms with van der Waals surface area (Å²) in [7, 11) is 0. The zero-order valence-corrected chi connectivity index (χ0v) is 15.3. The molecule has 150 valence electrons. The van der Waals surface area contributed by atoms with Crippen molar-refractivity contribution in [2.24, 2.45) is 0 Å². The first-order valence-electron chi connectivity index (χ1n) is 8.08. The van der Waals surface area contributed by atoms with Gasteiger partial charge in [0.15, 0.2) is 0 Å². The summed E-state index contributed by atoms with van der Waals surface area (Å²) in [5.41, 5.74) is 1.09. The molecular formula is C24H42O2. The van der Waals surface area contributed by atoms with Crippen molar-refractivity contribution in [1.29, 1.82) is 0 Å². The summed E-state index contributed by atoms with van der Waals surface area (Å²) in [5, 5.41) is 0. The molecule has 0 aliphatic heterocycles. The van der Waals surface area contributed by atoms with Crippen LogP contribution in [-0.4, -0.2) is 11.2 Å². The van der Waals surface area contributed by atoms with Crippen molar-refractivity contribution in [2.75, 3.05) is 0 Å². The smallest absolute Gasteiger partial charge is 0.120 e. The molecular weight excluding hydrogens is 320 g/mol. The molecule has 0 aliphatic rings. The topological polar surface area (TPSA) is 18.5 Å². The van der Waals surface area contributed by atoms with Gasteiger partial charge in [-0.3, -0.25) is 0 Å². The molecule has 0 fully saturated rings. The summed E-state index contributed by atoms with van der Waals surface area (Å²) in [6, 6.07) is 20.1. The second-order valence-electron chi connectivity index (χ2n) is 7.41. The molecule has 0 aliphatic carbocycles. The van der Waals surface area contributed by atoms with Gasteiger partial charge in [-0.05, 0) is 59.2 Å². The first-order chi connectivity index (χ1) is 10.7. The first kappa shape index (κ1) is 29.0. The maximum Gasteiger partial charge on any atom is 0.120 e. The molecule has 2 nitrogen and oxygen atoms in total. The van der Waals surface area contributed by atoms with Crippen LogP contribution in [-0.2, 0) is 11.3 Å². The van der Waals surface area contributed by atoms with Gasteiger partial charge in [0.2, 0.25) is 0 Å². The highest BCUT2D eigenvalue weighted by Gasteiger charge is 2.10. The van der Waals surface area contributed by atoms with Crippen molar-refractivity contribution in [3.05, 3.63) is 66.2 Å². The van der Waals surface area contributed by atoms with Gasteiger partial charge in [0.1, 0.15) is 11.4 Å². The monoisotopic (exact) mass is 362 g/mol. The van der Waals surface area contributed by atoms with Crippen LogP contribution in [0.15, 0.2) is 60.7 Å². The fraction of sp³-hybridized carbons (Fsp3) is 0.500. The van der Waals surface area contributed by atoms with E-state index in [1.165, 1.54) is 5.56 Å². The van der Waals surface area contributed by atoms with Crippen LogP contribution in [0.4, 0.5) is 0 Å².